The van der Waals surface area contributed by atoms with Crippen molar-refractivity contribution < 1.29 is 4.42 Å². The van der Waals surface area contributed by atoms with Crippen LogP contribution >= 0.6 is 39.1 Å². The molecule has 17 heavy (non-hydrogen) atoms. The molecular weight excluding hydrogens is 326 g/mol. The quantitative estimate of drug-likeness (QED) is 0.927. The first-order valence-corrected chi connectivity index (χ1v) is 6.68. The van der Waals surface area contributed by atoms with Crippen molar-refractivity contribution in [3.05, 3.63) is 33.3 Å². The van der Waals surface area contributed by atoms with Gasteiger partial charge in [-0.3, -0.25) is 0 Å². The smallest absolute Gasteiger partial charge is 0.169 e. The Labute approximate surface area is 115 Å². The van der Waals surface area contributed by atoms with Crippen LogP contribution in [0.15, 0.2) is 21.2 Å². The Morgan fingerprint density at radius 2 is 2.41 bits per heavy atom. The molecule has 2 rings (SSSR count). The largest absolute Gasteiger partial charge is 0.454 e. The number of nitrogens with one attached hydrogen (secondary N) is 1. The summed E-state index contributed by atoms with van der Waals surface area (Å²) in [6.45, 7) is 0.660. The standard InChI is InChI=1S/C10H7BrClN3OS/c11-8-2-1-6(16-8)3-4-14-10-7(5-13)9(12)15-17-10/h1-2,14H,3-4H2. The second kappa shape index (κ2) is 5.54. The molecule has 0 bridgehead atoms. The number of nitriles is 1. The van der Waals surface area contributed by atoms with Crippen molar-refractivity contribution >= 4 is 44.1 Å². The minimum Gasteiger partial charge on any atom is -0.454 e. The van der Waals surface area contributed by atoms with Gasteiger partial charge in [0.1, 0.15) is 22.4 Å². The van der Waals surface area contributed by atoms with E-state index >= 15 is 0 Å². The molecule has 0 amide bonds. The normalized spacial score (nSPS) is 10.2. The molecule has 2 aromatic heterocycles. The maximum absolute atomic E-state index is 8.88. The Morgan fingerprint density at radius 3 is 3.06 bits per heavy atom. The van der Waals surface area contributed by atoms with Gasteiger partial charge in [-0.1, -0.05) is 11.6 Å². The van der Waals surface area contributed by atoms with Gasteiger partial charge in [-0.15, -0.1) is 0 Å². The third-order valence-electron chi connectivity index (χ3n) is 2.05. The van der Waals surface area contributed by atoms with Crippen LogP contribution in [0, 0.1) is 11.3 Å². The summed E-state index contributed by atoms with van der Waals surface area (Å²) in [7, 11) is 0. The van der Waals surface area contributed by atoms with E-state index < -0.39 is 0 Å². The second-order valence-electron chi connectivity index (χ2n) is 3.17. The molecule has 0 aliphatic carbocycles. The number of hydrogen-bond donors (Lipinski definition) is 1. The summed E-state index contributed by atoms with van der Waals surface area (Å²) in [4.78, 5) is 0. The van der Waals surface area contributed by atoms with Gasteiger partial charge in [0.25, 0.3) is 0 Å². The number of hydrogen-bond acceptors (Lipinski definition) is 5. The van der Waals surface area contributed by atoms with Crippen LogP contribution in [-0.2, 0) is 6.42 Å². The molecule has 2 heterocycles. The maximum atomic E-state index is 8.88. The van der Waals surface area contributed by atoms with Gasteiger partial charge < -0.3 is 9.73 Å². The van der Waals surface area contributed by atoms with Crippen LogP contribution in [0.2, 0.25) is 5.15 Å². The fourth-order valence-corrected chi connectivity index (χ4v) is 2.57. The van der Waals surface area contributed by atoms with Gasteiger partial charge in [-0.05, 0) is 39.6 Å². The molecule has 0 aromatic carbocycles. The van der Waals surface area contributed by atoms with Crippen LogP contribution in [0.1, 0.15) is 11.3 Å². The summed E-state index contributed by atoms with van der Waals surface area (Å²) < 4.78 is 9.98. The van der Waals surface area contributed by atoms with Crippen LogP contribution in [0.25, 0.3) is 0 Å². The Hall–Kier alpha value is -1.03. The molecule has 0 radical (unpaired) electrons. The van der Waals surface area contributed by atoms with E-state index in [0.29, 0.717) is 21.8 Å². The fourth-order valence-electron chi connectivity index (χ4n) is 1.27. The van der Waals surface area contributed by atoms with Crippen molar-refractivity contribution in [2.45, 2.75) is 6.42 Å². The third-order valence-corrected chi connectivity index (χ3v) is 3.65. The lowest BCUT2D eigenvalue weighted by Crippen LogP contribution is -2.03. The summed E-state index contributed by atoms with van der Waals surface area (Å²) in [5, 5.41) is 12.9. The summed E-state index contributed by atoms with van der Waals surface area (Å²) in [6, 6.07) is 5.77. The average molecular weight is 333 g/mol. The highest BCUT2D eigenvalue weighted by Crippen LogP contribution is 2.27. The van der Waals surface area contributed by atoms with E-state index in [4.69, 9.17) is 21.3 Å². The van der Waals surface area contributed by atoms with Gasteiger partial charge in [0.15, 0.2) is 9.82 Å². The molecule has 0 saturated heterocycles. The van der Waals surface area contributed by atoms with Gasteiger partial charge in [-0.25, -0.2) is 0 Å². The zero-order chi connectivity index (χ0) is 12.3. The van der Waals surface area contributed by atoms with E-state index in [1.165, 1.54) is 11.5 Å². The first-order chi connectivity index (χ1) is 8.20. The van der Waals surface area contributed by atoms with Crippen molar-refractivity contribution in [1.29, 1.82) is 5.26 Å². The average Bonchev–Trinajstić information content (AvgIpc) is 2.86. The van der Waals surface area contributed by atoms with Crippen LogP contribution in [0.3, 0.4) is 0 Å². The van der Waals surface area contributed by atoms with E-state index in [-0.39, 0.29) is 5.15 Å². The second-order valence-corrected chi connectivity index (χ2v) is 5.08. The lowest BCUT2D eigenvalue weighted by Gasteiger charge is -2.01. The van der Waals surface area contributed by atoms with Crippen molar-refractivity contribution in [1.82, 2.24) is 4.37 Å². The maximum Gasteiger partial charge on any atom is 0.169 e. The first-order valence-electron chi connectivity index (χ1n) is 4.74. The molecule has 0 atom stereocenters. The molecule has 0 fully saturated rings. The van der Waals surface area contributed by atoms with Crippen molar-refractivity contribution in [3.8, 4) is 6.07 Å². The molecule has 2 aromatic rings. The van der Waals surface area contributed by atoms with E-state index in [1.54, 1.807) is 0 Å². The molecule has 7 heteroatoms. The minimum atomic E-state index is 0.251. The van der Waals surface area contributed by atoms with Gasteiger partial charge >= 0.3 is 0 Å². The van der Waals surface area contributed by atoms with E-state index in [1.807, 2.05) is 18.2 Å². The molecule has 0 spiro atoms. The lowest BCUT2D eigenvalue weighted by molar-refractivity contribution is 0.491. The van der Waals surface area contributed by atoms with E-state index in [0.717, 1.165) is 12.2 Å². The van der Waals surface area contributed by atoms with Crippen molar-refractivity contribution in [3.63, 3.8) is 0 Å². The predicted molar refractivity (Wildman–Crippen MR) is 70.4 cm³/mol. The number of anilines is 1. The number of aromatic nitrogens is 1. The molecule has 88 valence electrons. The van der Waals surface area contributed by atoms with Gasteiger partial charge in [0.2, 0.25) is 0 Å². The van der Waals surface area contributed by atoms with E-state index in [9.17, 15) is 0 Å². The SMILES string of the molecule is N#Cc1c(Cl)nsc1NCCc1ccc(Br)o1. The monoisotopic (exact) mass is 331 g/mol. The Bertz CT molecular complexity index is 560. The van der Waals surface area contributed by atoms with Crippen molar-refractivity contribution in [2.75, 3.05) is 11.9 Å². The molecule has 4 nitrogen and oxygen atoms in total. The fraction of sp³-hybridized carbons (Fsp3) is 0.200. The van der Waals surface area contributed by atoms with Crippen LogP contribution in [0.4, 0.5) is 5.00 Å². The highest BCUT2D eigenvalue weighted by atomic mass is 79.9. The van der Waals surface area contributed by atoms with E-state index in [2.05, 4.69) is 25.6 Å². The molecule has 0 unspecified atom stereocenters. The van der Waals surface area contributed by atoms with Gasteiger partial charge in [0.05, 0.1) is 0 Å². The molecule has 1 N–H and O–H groups in total. The summed E-state index contributed by atoms with van der Waals surface area (Å²) in [6.07, 6.45) is 0.728. The first kappa shape index (κ1) is 12.4. The van der Waals surface area contributed by atoms with Crippen LogP contribution in [0.5, 0.6) is 0 Å². The molecule has 0 aliphatic rings. The number of nitrogens with zero attached hydrogens (tertiary/aromatic N) is 2. The number of rotatable bonds is 4. The lowest BCUT2D eigenvalue weighted by atomic mass is 10.3. The molecule has 0 aliphatic heterocycles. The van der Waals surface area contributed by atoms with Crippen LogP contribution in [-0.4, -0.2) is 10.9 Å². The topological polar surface area (TPSA) is 61.9 Å². The van der Waals surface area contributed by atoms with Gasteiger partial charge in [-0.2, -0.15) is 9.64 Å². The molecule has 0 saturated carbocycles. The Kier molecular flexibility index (Phi) is 4.05. The Morgan fingerprint density at radius 1 is 1.59 bits per heavy atom. The third kappa shape index (κ3) is 3.00. The summed E-state index contributed by atoms with van der Waals surface area (Å²) in [5.74, 6) is 0.874. The zero-order valence-corrected chi connectivity index (χ0v) is 11.7. The summed E-state index contributed by atoms with van der Waals surface area (Å²) >= 11 is 10.2. The highest BCUT2D eigenvalue weighted by Gasteiger charge is 2.11. The predicted octanol–water partition coefficient (Wildman–Crippen LogP) is 3.68. The summed E-state index contributed by atoms with van der Waals surface area (Å²) in [5.41, 5.74) is 0.400. The van der Waals surface area contributed by atoms with Crippen LogP contribution < -0.4 is 5.32 Å². The Balaban J connectivity index is 1.92. The molecular formula is C10H7BrClN3OS. The zero-order valence-electron chi connectivity index (χ0n) is 8.54. The minimum absolute atomic E-state index is 0.251. The van der Waals surface area contributed by atoms with Gasteiger partial charge in [0, 0.05) is 13.0 Å². The number of furan rings is 1. The number of halogens is 2. The highest BCUT2D eigenvalue weighted by molar-refractivity contribution is 9.10. The van der Waals surface area contributed by atoms with Crippen molar-refractivity contribution in [2.24, 2.45) is 0 Å².